The van der Waals surface area contributed by atoms with E-state index >= 15 is 0 Å². The van der Waals surface area contributed by atoms with Crippen molar-refractivity contribution in [2.75, 3.05) is 5.33 Å². The second-order valence-electron chi connectivity index (χ2n) is 5.24. The molecule has 1 unspecified atom stereocenters. The van der Waals surface area contributed by atoms with E-state index in [4.69, 9.17) is 4.99 Å². The molecule has 0 bridgehead atoms. The molecule has 1 nitrogen and oxygen atoms in total. The Kier molecular flexibility index (Phi) is 3.20. The molecule has 0 aromatic heterocycles. The van der Waals surface area contributed by atoms with Gasteiger partial charge in [-0.15, -0.1) is 0 Å². The molecule has 2 heteroatoms. The number of hydrogen-bond acceptors (Lipinski definition) is 1. The minimum Gasteiger partial charge on any atom is -0.284 e. The standard InChI is InChI=1S/C14H18BrN/c1-10-4-6-11(7-5-10)13-14(2,3)8-12(9-15)16-13/h4-7,12H,8-9H2,1-3H3. The Bertz CT molecular complexity index is 403. The molecule has 1 aromatic carbocycles. The van der Waals surface area contributed by atoms with Crippen LogP contribution in [0.1, 0.15) is 31.4 Å². The van der Waals surface area contributed by atoms with E-state index < -0.39 is 0 Å². The summed E-state index contributed by atoms with van der Waals surface area (Å²) in [5, 5.41) is 0.964. The lowest BCUT2D eigenvalue weighted by Crippen LogP contribution is -2.21. The fourth-order valence-corrected chi connectivity index (χ4v) is 2.73. The van der Waals surface area contributed by atoms with Crippen molar-refractivity contribution in [3.63, 3.8) is 0 Å². The van der Waals surface area contributed by atoms with Crippen LogP contribution in [0.15, 0.2) is 29.3 Å². The number of aryl methyl sites for hydroxylation is 1. The van der Waals surface area contributed by atoms with E-state index in [2.05, 4.69) is 61.0 Å². The molecule has 2 rings (SSSR count). The second-order valence-corrected chi connectivity index (χ2v) is 5.89. The monoisotopic (exact) mass is 279 g/mol. The molecular weight excluding hydrogens is 262 g/mol. The normalized spacial score (nSPS) is 23.2. The molecule has 0 saturated heterocycles. The predicted octanol–water partition coefficient (Wildman–Crippen LogP) is 3.98. The first-order chi connectivity index (χ1) is 7.53. The minimum atomic E-state index is 0.202. The topological polar surface area (TPSA) is 12.4 Å². The van der Waals surface area contributed by atoms with Gasteiger partial charge in [-0.2, -0.15) is 0 Å². The third-order valence-corrected chi connectivity index (χ3v) is 3.95. The fraction of sp³-hybridized carbons (Fsp3) is 0.500. The summed E-state index contributed by atoms with van der Waals surface area (Å²) in [5.74, 6) is 0. The van der Waals surface area contributed by atoms with Gasteiger partial charge in [-0.3, -0.25) is 4.99 Å². The van der Waals surface area contributed by atoms with Crippen molar-refractivity contribution < 1.29 is 0 Å². The van der Waals surface area contributed by atoms with E-state index in [0.717, 1.165) is 11.8 Å². The van der Waals surface area contributed by atoms with Crippen molar-refractivity contribution in [3.8, 4) is 0 Å². The number of aliphatic imine (C=N–C) groups is 1. The molecule has 86 valence electrons. The SMILES string of the molecule is Cc1ccc(C2=NC(CBr)CC2(C)C)cc1. The average molecular weight is 280 g/mol. The highest BCUT2D eigenvalue weighted by atomic mass is 79.9. The van der Waals surface area contributed by atoms with Gasteiger partial charge in [0.1, 0.15) is 0 Å². The molecule has 0 N–H and O–H groups in total. The zero-order chi connectivity index (χ0) is 11.8. The van der Waals surface area contributed by atoms with E-state index in [1.807, 2.05) is 0 Å². The van der Waals surface area contributed by atoms with E-state index in [1.54, 1.807) is 0 Å². The third kappa shape index (κ3) is 2.22. The Hall–Kier alpha value is -0.630. The molecule has 1 atom stereocenters. The molecule has 0 amide bonds. The molecule has 0 fully saturated rings. The van der Waals surface area contributed by atoms with Gasteiger partial charge in [0.2, 0.25) is 0 Å². The van der Waals surface area contributed by atoms with Crippen molar-refractivity contribution in [1.82, 2.24) is 0 Å². The van der Waals surface area contributed by atoms with Crippen LogP contribution in [-0.2, 0) is 0 Å². The van der Waals surface area contributed by atoms with E-state index in [0.29, 0.717) is 6.04 Å². The number of hydrogen-bond donors (Lipinski definition) is 0. The van der Waals surface area contributed by atoms with Gasteiger partial charge in [-0.05, 0) is 18.9 Å². The third-order valence-electron chi connectivity index (χ3n) is 3.20. The molecule has 0 radical (unpaired) electrons. The van der Waals surface area contributed by atoms with Crippen molar-refractivity contribution in [2.24, 2.45) is 10.4 Å². The van der Waals surface area contributed by atoms with Gasteiger partial charge in [0.05, 0.1) is 6.04 Å². The van der Waals surface area contributed by atoms with E-state index in [9.17, 15) is 0 Å². The summed E-state index contributed by atoms with van der Waals surface area (Å²) < 4.78 is 0. The molecule has 1 aromatic rings. The number of nitrogens with zero attached hydrogens (tertiary/aromatic N) is 1. The maximum Gasteiger partial charge on any atom is 0.0608 e. The highest BCUT2D eigenvalue weighted by Crippen LogP contribution is 2.36. The predicted molar refractivity (Wildman–Crippen MR) is 73.7 cm³/mol. The Morgan fingerprint density at radius 2 is 1.94 bits per heavy atom. The largest absolute Gasteiger partial charge is 0.284 e. The summed E-state index contributed by atoms with van der Waals surface area (Å²) >= 11 is 3.53. The molecule has 0 aliphatic carbocycles. The summed E-state index contributed by atoms with van der Waals surface area (Å²) in [5.41, 5.74) is 4.04. The first-order valence-electron chi connectivity index (χ1n) is 5.74. The van der Waals surface area contributed by atoms with Crippen molar-refractivity contribution in [1.29, 1.82) is 0 Å². The number of benzene rings is 1. The van der Waals surface area contributed by atoms with Gasteiger partial charge in [-0.25, -0.2) is 0 Å². The molecule has 1 heterocycles. The van der Waals surface area contributed by atoms with Crippen LogP contribution in [0, 0.1) is 12.3 Å². The molecule has 16 heavy (non-hydrogen) atoms. The van der Waals surface area contributed by atoms with Crippen LogP contribution in [0.5, 0.6) is 0 Å². The maximum absolute atomic E-state index is 4.83. The zero-order valence-corrected chi connectivity index (χ0v) is 11.7. The van der Waals surface area contributed by atoms with Crippen LogP contribution in [-0.4, -0.2) is 17.1 Å². The highest BCUT2D eigenvalue weighted by Gasteiger charge is 2.35. The van der Waals surface area contributed by atoms with Crippen LogP contribution in [0.2, 0.25) is 0 Å². The smallest absolute Gasteiger partial charge is 0.0608 e. The van der Waals surface area contributed by atoms with Crippen LogP contribution in [0.4, 0.5) is 0 Å². The lowest BCUT2D eigenvalue weighted by molar-refractivity contribution is 0.480. The Morgan fingerprint density at radius 1 is 1.31 bits per heavy atom. The molecule has 1 aliphatic rings. The molecular formula is C14H18BrN. The van der Waals surface area contributed by atoms with Crippen molar-refractivity contribution in [2.45, 2.75) is 33.2 Å². The van der Waals surface area contributed by atoms with Gasteiger partial charge in [0, 0.05) is 16.5 Å². The van der Waals surface area contributed by atoms with Gasteiger partial charge in [-0.1, -0.05) is 59.6 Å². The lowest BCUT2D eigenvalue weighted by atomic mass is 9.81. The Morgan fingerprint density at radius 3 is 2.44 bits per heavy atom. The summed E-state index contributed by atoms with van der Waals surface area (Å²) in [4.78, 5) is 4.83. The lowest BCUT2D eigenvalue weighted by Gasteiger charge is -2.20. The Labute approximate surface area is 106 Å². The first kappa shape index (κ1) is 11.8. The van der Waals surface area contributed by atoms with E-state index in [1.165, 1.54) is 16.8 Å². The van der Waals surface area contributed by atoms with E-state index in [-0.39, 0.29) is 5.41 Å². The number of halogens is 1. The molecule has 0 spiro atoms. The fourth-order valence-electron chi connectivity index (χ4n) is 2.35. The van der Waals surface area contributed by atoms with Crippen LogP contribution >= 0.6 is 15.9 Å². The molecule has 1 aliphatic heterocycles. The van der Waals surface area contributed by atoms with Crippen molar-refractivity contribution >= 4 is 21.6 Å². The number of alkyl halides is 1. The maximum atomic E-state index is 4.83. The highest BCUT2D eigenvalue weighted by molar-refractivity contribution is 9.09. The number of rotatable bonds is 2. The summed E-state index contributed by atoms with van der Waals surface area (Å²) in [6.45, 7) is 6.69. The average Bonchev–Trinajstić information content (AvgIpc) is 2.55. The van der Waals surface area contributed by atoms with Gasteiger partial charge in [0.25, 0.3) is 0 Å². The van der Waals surface area contributed by atoms with Gasteiger partial charge in [0.15, 0.2) is 0 Å². The quantitative estimate of drug-likeness (QED) is 0.727. The zero-order valence-electron chi connectivity index (χ0n) is 10.1. The Balaban J connectivity index is 2.35. The summed E-state index contributed by atoms with van der Waals surface area (Å²) in [6, 6.07) is 9.13. The summed E-state index contributed by atoms with van der Waals surface area (Å²) in [7, 11) is 0. The summed E-state index contributed by atoms with van der Waals surface area (Å²) in [6.07, 6.45) is 1.14. The van der Waals surface area contributed by atoms with Crippen molar-refractivity contribution in [3.05, 3.63) is 35.4 Å². The first-order valence-corrected chi connectivity index (χ1v) is 6.86. The van der Waals surface area contributed by atoms with Crippen LogP contribution in [0.3, 0.4) is 0 Å². The van der Waals surface area contributed by atoms with Crippen LogP contribution in [0.25, 0.3) is 0 Å². The van der Waals surface area contributed by atoms with Gasteiger partial charge < -0.3 is 0 Å². The minimum absolute atomic E-state index is 0.202. The second kappa shape index (κ2) is 4.33. The van der Waals surface area contributed by atoms with Gasteiger partial charge >= 0.3 is 0 Å². The molecule has 0 saturated carbocycles. The van der Waals surface area contributed by atoms with Crippen LogP contribution < -0.4 is 0 Å².